The second kappa shape index (κ2) is 3.45. The Balaban J connectivity index is 2.43. The maximum Gasteiger partial charge on any atom is 0.224 e. The van der Waals surface area contributed by atoms with Crippen molar-refractivity contribution in [3.05, 3.63) is 35.4 Å². The van der Waals surface area contributed by atoms with E-state index < -0.39 is 0 Å². The van der Waals surface area contributed by atoms with Crippen LogP contribution in [0.1, 0.15) is 31.0 Å². The van der Waals surface area contributed by atoms with E-state index in [2.05, 4.69) is 25.2 Å². The average Bonchev–Trinajstić information content (AvgIpc) is 2.16. The number of fused-ring (bicyclic) bond motifs is 1. The highest BCUT2D eigenvalue weighted by molar-refractivity contribution is 5.81. The Labute approximate surface area is 84.3 Å². The van der Waals surface area contributed by atoms with Crippen molar-refractivity contribution < 1.29 is 4.79 Å². The van der Waals surface area contributed by atoms with E-state index in [9.17, 15) is 4.79 Å². The number of hydrogen-bond acceptors (Lipinski definition) is 1. The summed E-state index contributed by atoms with van der Waals surface area (Å²) in [5, 5.41) is 3.03. The molecule has 0 aliphatic carbocycles. The Bertz CT molecular complexity index is 357. The molecule has 2 heteroatoms. The van der Waals surface area contributed by atoms with E-state index in [0.717, 1.165) is 0 Å². The molecule has 1 aliphatic rings. The largest absolute Gasteiger partial charge is 0.349 e. The second-order valence-electron chi connectivity index (χ2n) is 4.16. The molecule has 0 aromatic heterocycles. The van der Waals surface area contributed by atoms with Gasteiger partial charge in [0, 0.05) is 0 Å². The molecule has 1 atom stereocenters. The van der Waals surface area contributed by atoms with E-state index >= 15 is 0 Å². The molecular formula is C12H15NO. The van der Waals surface area contributed by atoms with Gasteiger partial charge < -0.3 is 5.32 Å². The molecule has 0 unspecified atom stereocenters. The fraction of sp³-hybridized carbons (Fsp3) is 0.417. The van der Waals surface area contributed by atoms with Crippen LogP contribution >= 0.6 is 0 Å². The minimum Gasteiger partial charge on any atom is -0.349 e. The van der Waals surface area contributed by atoms with Crippen molar-refractivity contribution in [2.75, 3.05) is 0 Å². The summed E-state index contributed by atoms with van der Waals surface area (Å²) in [7, 11) is 0. The first kappa shape index (κ1) is 9.25. The third-order valence-corrected chi connectivity index (χ3v) is 2.72. The summed E-state index contributed by atoms with van der Waals surface area (Å²) in [5.41, 5.74) is 2.46. The van der Waals surface area contributed by atoms with Gasteiger partial charge in [0.1, 0.15) is 0 Å². The quantitative estimate of drug-likeness (QED) is 0.719. The van der Waals surface area contributed by atoms with Gasteiger partial charge in [0.2, 0.25) is 5.91 Å². The van der Waals surface area contributed by atoms with Crippen LogP contribution in [0.3, 0.4) is 0 Å². The van der Waals surface area contributed by atoms with Crippen molar-refractivity contribution in [1.29, 1.82) is 0 Å². The maximum absolute atomic E-state index is 11.4. The summed E-state index contributed by atoms with van der Waals surface area (Å²) in [6.45, 7) is 4.26. The number of hydrogen-bond donors (Lipinski definition) is 1. The van der Waals surface area contributed by atoms with Crippen LogP contribution in [0.25, 0.3) is 0 Å². The highest BCUT2D eigenvalue weighted by Crippen LogP contribution is 2.28. The lowest BCUT2D eigenvalue weighted by Crippen LogP contribution is -2.37. The molecule has 1 amide bonds. The highest BCUT2D eigenvalue weighted by atomic mass is 16.1. The Morgan fingerprint density at radius 2 is 2.07 bits per heavy atom. The Morgan fingerprint density at radius 3 is 2.79 bits per heavy atom. The van der Waals surface area contributed by atoms with E-state index in [1.165, 1.54) is 11.1 Å². The number of amides is 1. The number of nitrogens with one attached hydrogen (secondary N) is 1. The molecule has 0 bridgehead atoms. The van der Waals surface area contributed by atoms with Crippen LogP contribution in [-0.2, 0) is 11.2 Å². The standard InChI is InChI=1S/C12H15NO/c1-8(2)12-10-6-4-3-5-9(10)7-11(14)13-12/h3-6,8,12H,7H2,1-2H3,(H,13,14)/t12-/m1/s1. The topological polar surface area (TPSA) is 29.1 Å². The average molecular weight is 189 g/mol. The van der Waals surface area contributed by atoms with Crippen molar-refractivity contribution in [2.45, 2.75) is 26.3 Å². The van der Waals surface area contributed by atoms with Crippen LogP contribution in [-0.4, -0.2) is 5.91 Å². The monoisotopic (exact) mass is 189 g/mol. The summed E-state index contributed by atoms with van der Waals surface area (Å²) >= 11 is 0. The van der Waals surface area contributed by atoms with E-state index in [0.29, 0.717) is 12.3 Å². The van der Waals surface area contributed by atoms with Gasteiger partial charge in [-0.3, -0.25) is 4.79 Å². The Kier molecular flexibility index (Phi) is 2.28. The van der Waals surface area contributed by atoms with Gasteiger partial charge in [-0.1, -0.05) is 38.1 Å². The smallest absolute Gasteiger partial charge is 0.224 e. The van der Waals surface area contributed by atoms with Crippen molar-refractivity contribution in [3.63, 3.8) is 0 Å². The van der Waals surface area contributed by atoms with Crippen LogP contribution in [0.15, 0.2) is 24.3 Å². The summed E-state index contributed by atoms with van der Waals surface area (Å²) in [6, 6.07) is 8.37. The lowest BCUT2D eigenvalue weighted by molar-refractivity contribution is -0.122. The maximum atomic E-state index is 11.4. The predicted octanol–water partition coefficient (Wildman–Crippen LogP) is 2.06. The van der Waals surface area contributed by atoms with Crippen LogP contribution in [0, 0.1) is 5.92 Å². The van der Waals surface area contributed by atoms with E-state index in [4.69, 9.17) is 0 Å². The highest BCUT2D eigenvalue weighted by Gasteiger charge is 2.25. The van der Waals surface area contributed by atoms with Crippen molar-refractivity contribution in [2.24, 2.45) is 5.92 Å². The first-order chi connectivity index (χ1) is 6.68. The summed E-state index contributed by atoms with van der Waals surface area (Å²) in [5.74, 6) is 0.586. The van der Waals surface area contributed by atoms with Gasteiger partial charge in [0.15, 0.2) is 0 Å². The molecule has 1 aromatic carbocycles. The first-order valence-corrected chi connectivity index (χ1v) is 5.05. The molecule has 0 saturated heterocycles. The van der Waals surface area contributed by atoms with Crippen LogP contribution in [0.4, 0.5) is 0 Å². The number of carbonyl (C=O) groups is 1. The van der Waals surface area contributed by atoms with Gasteiger partial charge in [-0.15, -0.1) is 0 Å². The zero-order valence-electron chi connectivity index (χ0n) is 8.58. The Hall–Kier alpha value is -1.31. The summed E-state index contributed by atoms with van der Waals surface area (Å²) < 4.78 is 0. The molecule has 2 rings (SSSR count). The van der Waals surface area contributed by atoms with Crippen molar-refractivity contribution in [3.8, 4) is 0 Å². The van der Waals surface area contributed by atoms with E-state index in [-0.39, 0.29) is 11.9 Å². The zero-order chi connectivity index (χ0) is 10.1. The second-order valence-corrected chi connectivity index (χ2v) is 4.16. The molecule has 0 radical (unpaired) electrons. The van der Waals surface area contributed by atoms with Crippen molar-refractivity contribution in [1.82, 2.24) is 5.32 Å². The van der Waals surface area contributed by atoms with Crippen LogP contribution < -0.4 is 5.32 Å². The number of carbonyl (C=O) groups excluding carboxylic acids is 1. The van der Waals surface area contributed by atoms with Crippen LogP contribution in [0.5, 0.6) is 0 Å². The first-order valence-electron chi connectivity index (χ1n) is 5.05. The van der Waals surface area contributed by atoms with Gasteiger partial charge >= 0.3 is 0 Å². The molecule has 1 heterocycles. The zero-order valence-corrected chi connectivity index (χ0v) is 8.58. The van der Waals surface area contributed by atoms with Gasteiger partial charge in [0.05, 0.1) is 12.5 Å². The SMILES string of the molecule is CC(C)[C@H]1NC(=O)Cc2ccccc21. The third kappa shape index (κ3) is 1.52. The molecule has 1 N–H and O–H groups in total. The summed E-state index contributed by atoms with van der Waals surface area (Å²) in [4.78, 5) is 11.4. The fourth-order valence-corrected chi connectivity index (χ4v) is 2.00. The number of rotatable bonds is 1. The molecule has 0 spiro atoms. The normalized spacial score (nSPS) is 20.5. The van der Waals surface area contributed by atoms with Gasteiger partial charge in [-0.05, 0) is 17.0 Å². The molecule has 1 aliphatic heterocycles. The molecule has 74 valence electrons. The lowest BCUT2D eigenvalue weighted by Gasteiger charge is -2.29. The van der Waals surface area contributed by atoms with Crippen LogP contribution in [0.2, 0.25) is 0 Å². The Morgan fingerprint density at radius 1 is 1.36 bits per heavy atom. The molecule has 0 fully saturated rings. The fourth-order valence-electron chi connectivity index (χ4n) is 2.00. The predicted molar refractivity (Wildman–Crippen MR) is 55.9 cm³/mol. The van der Waals surface area contributed by atoms with Gasteiger partial charge in [0.25, 0.3) is 0 Å². The molecular weight excluding hydrogens is 174 g/mol. The molecule has 14 heavy (non-hydrogen) atoms. The minimum absolute atomic E-state index is 0.141. The minimum atomic E-state index is 0.141. The van der Waals surface area contributed by atoms with E-state index in [1.54, 1.807) is 0 Å². The number of benzene rings is 1. The summed E-state index contributed by atoms with van der Waals surface area (Å²) in [6.07, 6.45) is 0.527. The molecule has 2 nitrogen and oxygen atoms in total. The third-order valence-electron chi connectivity index (χ3n) is 2.72. The van der Waals surface area contributed by atoms with Gasteiger partial charge in [-0.2, -0.15) is 0 Å². The lowest BCUT2D eigenvalue weighted by atomic mass is 9.88. The molecule has 1 aromatic rings. The van der Waals surface area contributed by atoms with Gasteiger partial charge in [-0.25, -0.2) is 0 Å². The van der Waals surface area contributed by atoms with E-state index in [1.807, 2.05) is 18.2 Å². The molecule has 0 saturated carbocycles. The van der Waals surface area contributed by atoms with Crippen molar-refractivity contribution >= 4 is 5.91 Å².